The van der Waals surface area contributed by atoms with E-state index >= 15 is 0 Å². The molecule has 3 rings (SSSR count). The second-order valence-electron chi connectivity index (χ2n) is 6.73. The molecule has 4 N–H and O–H groups in total. The van der Waals surface area contributed by atoms with Crippen LogP contribution in [0.1, 0.15) is 36.0 Å². The highest BCUT2D eigenvalue weighted by Gasteiger charge is 2.42. The van der Waals surface area contributed by atoms with Crippen molar-refractivity contribution in [2.45, 2.75) is 47.9 Å². The number of thioether (sulfide) groups is 1. The number of carboxylic acids is 1. The molecular weight excluding hydrogens is 406 g/mol. The molecule has 2 fully saturated rings. The standard InChI is InChI=1S/C17H21N3O6S2/c21-14(20-28(25,26)11-7-5-10(6-8-11)16(22)23)4-2-1-3-13-15-12(9-27-13)18-17(24)19-15/h5-8,12-13,15H,1-4,9H2,(H,20,21)(H,22,23)(H2,18,19,24)/t12-,13-,15-/m1/s1. The minimum atomic E-state index is -4.02. The predicted molar refractivity (Wildman–Crippen MR) is 103 cm³/mol. The molecule has 11 heteroatoms. The van der Waals surface area contributed by atoms with Crippen LogP contribution in [-0.2, 0) is 14.8 Å². The average molecular weight is 428 g/mol. The number of sulfonamides is 1. The molecule has 1 aromatic carbocycles. The fourth-order valence-corrected chi connectivity index (χ4v) is 5.87. The van der Waals surface area contributed by atoms with Gasteiger partial charge in [-0.2, -0.15) is 11.8 Å². The zero-order valence-corrected chi connectivity index (χ0v) is 16.5. The lowest BCUT2D eigenvalue weighted by atomic mass is 10.0. The Balaban J connectivity index is 1.42. The minimum absolute atomic E-state index is 0.0362. The molecule has 2 aliphatic rings. The molecule has 3 amide bonds. The number of aromatic carboxylic acids is 1. The zero-order valence-electron chi connectivity index (χ0n) is 14.9. The Kier molecular flexibility index (Phi) is 6.14. The topological polar surface area (TPSA) is 142 Å². The van der Waals surface area contributed by atoms with Crippen molar-refractivity contribution < 1.29 is 27.9 Å². The van der Waals surface area contributed by atoms with Crippen molar-refractivity contribution in [3.63, 3.8) is 0 Å². The largest absolute Gasteiger partial charge is 0.478 e. The van der Waals surface area contributed by atoms with Crippen LogP contribution in [0.4, 0.5) is 4.79 Å². The third kappa shape index (κ3) is 4.76. The first-order valence-corrected chi connectivity index (χ1v) is 11.4. The number of hydrogen-bond donors (Lipinski definition) is 4. The van der Waals surface area contributed by atoms with Crippen LogP contribution >= 0.6 is 11.8 Å². The number of benzene rings is 1. The van der Waals surface area contributed by atoms with Crippen molar-refractivity contribution in [2.24, 2.45) is 0 Å². The average Bonchev–Trinajstić information content (AvgIpc) is 3.18. The lowest BCUT2D eigenvalue weighted by molar-refractivity contribution is -0.119. The molecule has 0 unspecified atom stereocenters. The van der Waals surface area contributed by atoms with Crippen molar-refractivity contribution in [1.82, 2.24) is 15.4 Å². The van der Waals surface area contributed by atoms with Crippen LogP contribution in [0.2, 0.25) is 0 Å². The molecule has 0 spiro atoms. The van der Waals surface area contributed by atoms with E-state index in [1.807, 2.05) is 4.72 Å². The molecule has 0 bridgehead atoms. The summed E-state index contributed by atoms with van der Waals surface area (Å²) < 4.78 is 26.4. The fraction of sp³-hybridized carbons (Fsp3) is 0.471. The highest BCUT2D eigenvalue weighted by Crippen LogP contribution is 2.33. The summed E-state index contributed by atoms with van der Waals surface area (Å²) >= 11 is 1.79. The van der Waals surface area contributed by atoms with Crippen molar-refractivity contribution in [3.05, 3.63) is 29.8 Å². The fourth-order valence-electron chi connectivity index (χ4n) is 3.31. The Labute approximate surface area is 166 Å². The van der Waals surface area contributed by atoms with E-state index in [1.54, 1.807) is 11.8 Å². The molecule has 152 valence electrons. The number of fused-ring (bicyclic) bond motifs is 1. The molecule has 9 nitrogen and oxygen atoms in total. The number of carbonyl (C=O) groups is 3. The van der Waals surface area contributed by atoms with Crippen molar-refractivity contribution in [2.75, 3.05) is 5.75 Å². The number of urea groups is 1. The van der Waals surface area contributed by atoms with Gasteiger partial charge in [0.25, 0.3) is 10.0 Å². The normalized spacial score (nSPS) is 23.6. The van der Waals surface area contributed by atoms with E-state index in [1.165, 1.54) is 12.1 Å². The van der Waals surface area contributed by atoms with E-state index in [0.29, 0.717) is 11.7 Å². The molecule has 0 aliphatic carbocycles. The van der Waals surface area contributed by atoms with Gasteiger partial charge in [0.15, 0.2) is 0 Å². The van der Waals surface area contributed by atoms with Gasteiger partial charge in [-0.15, -0.1) is 0 Å². The molecule has 2 aliphatic heterocycles. The highest BCUT2D eigenvalue weighted by molar-refractivity contribution is 8.00. The number of nitrogens with one attached hydrogen (secondary N) is 3. The smallest absolute Gasteiger partial charge is 0.335 e. The lowest BCUT2D eigenvalue weighted by Gasteiger charge is -2.16. The molecular formula is C17H21N3O6S2. The Morgan fingerprint density at radius 2 is 1.89 bits per heavy atom. The Morgan fingerprint density at radius 1 is 1.18 bits per heavy atom. The van der Waals surface area contributed by atoms with Gasteiger partial charge in [0.2, 0.25) is 5.91 Å². The Hall–Kier alpha value is -2.27. The third-order valence-electron chi connectivity index (χ3n) is 4.74. The van der Waals surface area contributed by atoms with Crippen LogP contribution in [0.25, 0.3) is 0 Å². The van der Waals surface area contributed by atoms with Gasteiger partial charge in [-0.3, -0.25) is 4.79 Å². The molecule has 28 heavy (non-hydrogen) atoms. The summed E-state index contributed by atoms with van der Waals surface area (Å²) in [6.07, 6.45) is 2.19. The van der Waals surface area contributed by atoms with E-state index in [4.69, 9.17) is 5.11 Å². The first-order chi connectivity index (χ1) is 13.3. The van der Waals surface area contributed by atoms with E-state index < -0.39 is 21.9 Å². The second kappa shape index (κ2) is 8.39. The van der Waals surface area contributed by atoms with Crippen LogP contribution < -0.4 is 15.4 Å². The maximum Gasteiger partial charge on any atom is 0.335 e. The molecule has 0 aromatic heterocycles. The molecule has 0 radical (unpaired) electrons. The zero-order chi connectivity index (χ0) is 20.3. The van der Waals surface area contributed by atoms with Gasteiger partial charge in [-0.05, 0) is 37.1 Å². The summed E-state index contributed by atoms with van der Waals surface area (Å²) in [6, 6.07) is 4.77. The summed E-state index contributed by atoms with van der Waals surface area (Å²) in [6.45, 7) is 0. The van der Waals surface area contributed by atoms with Gasteiger partial charge in [0.1, 0.15) is 0 Å². The first-order valence-electron chi connectivity index (χ1n) is 8.84. The van der Waals surface area contributed by atoms with Crippen molar-refractivity contribution in [1.29, 1.82) is 0 Å². The second-order valence-corrected chi connectivity index (χ2v) is 9.68. The number of rotatable bonds is 8. The van der Waals surface area contributed by atoms with Gasteiger partial charge in [0.05, 0.1) is 22.5 Å². The van der Waals surface area contributed by atoms with Gasteiger partial charge in [0, 0.05) is 17.4 Å². The van der Waals surface area contributed by atoms with Crippen LogP contribution in [0.5, 0.6) is 0 Å². The number of carbonyl (C=O) groups excluding carboxylic acids is 2. The number of amides is 3. The summed E-state index contributed by atoms with van der Waals surface area (Å²) in [7, 11) is -4.02. The summed E-state index contributed by atoms with van der Waals surface area (Å²) in [4.78, 5) is 34.0. The van der Waals surface area contributed by atoms with E-state index in [2.05, 4.69) is 10.6 Å². The summed E-state index contributed by atoms with van der Waals surface area (Å²) in [5.74, 6) is -0.893. The number of unbranched alkanes of at least 4 members (excludes halogenated alkanes) is 1. The summed E-state index contributed by atoms with van der Waals surface area (Å²) in [5.41, 5.74) is -0.0362. The third-order valence-corrected chi connectivity index (χ3v) is 7.64. The Morgan fingerprint density at radius 3 is 2.57 bits per heavy atom. The maximum atomic E-state index is 12.2. The molecule has 1 aromatic rings. The van der Waals surface area contributed by atoms with Crippen LogP contribution in [-0.4, -0.2) is 54.5 Å². The van der Waals surface area contributed by atoms with Crippen molar-refractivity contribution in [3.8, 4) is 0 Å². The van der Waals surface area contributed by atoms with Gasteiger partial charge >= 0.3 is 12.0 Å². The molecule has 0 saturated carbocycles. The van der Waals surface area contributed by atoms with Gasteiger partial charge in [-0.25, -0.2) is 22.7 Å². The van der Waals surface area contributed by atoms with Gasteiger partial charge < -0.3 is 15.7 Å². The van der Waals surface area contributed by atoms with E-state index in [-0.39, 0.29) is 35.0 Å². The maximum absolute atomic E-state index is 12.2. The van der Waals surface area contributed by atoms with Crippen molar-refractivity contribution >= 4 is 39.7 Å². The molecule has 3 atom stereocenters. The molecule has 2 saturated heterocycles. The monoisotopic (exact) mass is 427 g/mol. The van der Waals surface area contributed by atoms with E-state index in [9.17, 15) is 22.8 Å². The lowest BCUT2D eigenvalue weighted by Crippen LogP contribution is -2.36. The Bertz CT molecular complexity index is 871. The minimum Gasteiger partial charge on any atom is -0.478 e. The quantitative estimate of drug-likeness (QED) is 0.357. The number of hydrogen-bond acceptors (Lipinski definition) is 6. The summed E-state index contributed by atoms with van der Waals surface area (Å²) in [5, 5.41) is 14.9. The van der Waals surface area contributed by atoms with Crippen LogP contribution in [0, 0.1) is 0 Å². The van der Waals surface area contributed by atoms with E-state index in [0.717, 1.165) is 30.7 Å². The van der Waals surface area contributed by atoms with Gasteiger partial charge in [-0.1, -0.05) is 6.42 Å². The van der Waals surface area contributed by atoms with Crippen LogP contribution in [0.15, 0.2) is 29.2 Å². The number of carboxylic acid groups (broad SMARTS) is 1. The predicted octanol–water partition coefficient (Wildman–Crippen LogP) is 0.916. The molecule has 2 heterocycles. The first kappa shape index (κ1) is 20.5. The van der Waals surface area contributed by atoms with Crippen LogP contribution in [0.3, 0.4) is 0 Å². The highest BCUT2D eigenvalue weighted by atomic mass is 32.2. The SMILES string of the molecule is O=C(CCCC[C@H]1SC[C@H]2NC(=O)N[C@H]21)NS(=O)(=O)c1ccc(C(=O)O)cc1.